The molecule has 0 heterocycles. The maximum absolute atomic E-state index is 7.13. The van der Waals surface area contributed by atoms with E-state index >= 15 is 0 Å². The van der Waals surface area contributed by atoms with Crippen molar-refractivity contribution in [1.29, 1.82) is 0 Å². The molecule has 1 atom stereocenters. The van der Waals surface area contributed by atoms with E-state index in [-0.39, 0.29) is 5.38 Å². The molecule has 0 saturated heterocycles. The summed E-state index contributed by atoms with van der Waals surface area (Å²) in [6.07, 6.45) is 0. The van der Waals surface area contributed by atoms with Crippen molar-refractivity contribution in [3.8, 4) is 0 Å². The number of hydrogen-bond acceptors (Lipinski definition) is 0. The highest BCUT2D eigenvalue weighted by molar-refractivity contribution is 7.16. The molecule has 0 radical (unpaired) electrons. The summed E-state index contributed by atoms with van der Waals surface area (Å²) in [6.45, 7) is 4.66. The van der Waals surface area contributed by atoms with Crippen LogP contribution in [-0.2, 0) is 0 Å². The molecule has 0 nitrogen and oxygen atoms in total. The Morgan fingerprint density at radius 1 is 0.552 bits per heavy atom. The molecule has 0 aromatic heterocycles. The molecule has 4 aromatic rings. The van der Waals surface area contributed by atoms with Gasteiger partial charge in [-0.1, -0.05) is 127 Å². The van der Waals surface area contributed by atoms with Crippen LogP contribution in [0.5, 0.6) is 0 Å². The van der Waals surface area contributed by atoms with Gasteiger partial charge in [0, 0.05) is 0 Å². The van der Waals surface area contributed by atoms with E-state index in [2.05, 4.69) is 110 Å². The molecular weight excluding hydrogens is 388 g/mol. The molecule has 142 valence electrons. The molecule has 0 amide bonds. The van der Waals surface area contributed by atoms with Crippen molar-refractivity contribution in [2.24, 2.45) is 0 Å². The Bertz CT molecular complexity index is 964. The fourth-order valence-corrected chi connectivity index (χ4v) is 9.51. The number of benzene rings is 4. The fourth-order valence-electron chi connectivity index (χ4n) is 4.13. The van der Waals surface area contributed by atoms with E-state index in [0.29, 0.717) is 0 Å². The Morgan fingerprint density at radius 2 is 0.862 bits per heavy atom. The van der Waals surface area contributed by atoms with Gasteiger partial charge in [-0.05, 0) is 21.1 Å². The van der Waals surface area contributed by atoms with E-state index in [1.54, 1.807) is 0 Å². The molecule has 0 bridgehead atoms. The van der Waals surface area contributed by atoms with E-state index in [0.717, 1.165) is 10.8 Å². The van der Waals surface area contributed by atoms with Crippen LogP contribution in [0.1, 0.15) is 10.9 Å². The zero-order chi connectivity index (χ0) is 20.1. The van der Waals surface area contributed by atoms with Crippen molar-refractivity contribution in [2.75, 3.05) is 0 Å². The third kappa shape index (κ3) is 3.60. The second-order valence-electron chi connectivity index (χ2n) is 7.15. The minimum absolute atomic E-state index is 0.275. The summed E-state index contributed by atoms with van der Waals surface area (Å²) >= 11 is 7.13. The second kappa shape index (κ2) is 8.65. The largest absolute Gasteiger partial charge is 0.176 e. The highest BCUT2D eigenvalue weighted by atomic mass is 35.5. The van der Waals surface area contributed by atoms with Gasteiger partial charge in [0.1, 0.15) is 0 Å². The molecule has 1 unspecified atom stereocenters. The van der Waals surface area contributed by atoms with Gasteiger partial charge in [0.25, 0.3) is 0 Å². The lowest BCUT2D eigenvalue weighted by atomic mass is 10.1. The summed E-state index contributed by atoms with van der Waals surface area (Å²) in [7, 11) is -2.60. The molecular formula is C27H23ClSi. The smallest absolute Gasteiger partial charge is 0.113 e. The Labute approximate surface area is 179 Å². The lowest BCUT2D eigenvalue weighted by Gasteiger charge is -2.37. The average molecular weight is 411 g/mol. The number of halogens is 1. The van der Waals surface area contributed by atoms with E-state index in [1.807, 2.05) is 18.2 Å². The van der Waals surface area contributed by atoms with E-state index < -0.39 is 8.07 Å². The third-order valence-electron chi connectivity index (χ3n) is 5.50. The number of alkyl halides is 1. The minimum Gasteiger partial charge on any atom is -0.113 e. The molecule has 0 aliphatic carbocycles. The summed E-state index contributed by atoms with van der Waals surface area (Å²) in [6, 6.07) is 42.5. The van der Waals surface area contributed by atoms with Crippen molar-refractivity contribution in [3.05, 3.63) is 139 Å². The van der Waals surface area contributed by atoms with Crippen LogP contribution in [0.25, 0.3) is 0 Å². The van der Waals surface area contributed by atoms with Crippen LogP contribution in [0, 0.1) is 0 Å². The molecule has 0 saturated carbocycles. The minimum atomic E-state index is -2.60. The highest BCUT2D eigenvalue weighted by Gasteiger charge is 2.44. The molecule has 4 aromatic carbocycles. The van der Waals surface area contributed by atoms with Gasteiger partial charge in [-0.25, -0.2) is 0 Å². The first-order chi connectivity index (χ1) is 14.2. The number of allylic oxidation sites excluding steroid dienone is 1. The van der Waals surface area contributed by atoms with Crippen molar-refractivity contribution < 1.29 is 0 Å². The Hall–Kier alpha value is -2.87. The third-order valence-corrected chi connectivity index (χ3v) is 11.0. The van der Waals surface area contributed by atoms with Crippen LogP contribution in [0.3, 0.4) is 0 Å². The Balaban J connectivity index is 2.02. The monoisotopic (exact) mass is 410 g/mol. The predicted molar refractivity (Wildman–Crippen MR) is 128 cm³/mol. The molecule has 2 heteroatoms. The van der Waals surface area contributed by atoms with Gasteiger partial charge in [-0.3, -0.25) is 0 Å². The van der Waals surface area contributed by atoms with Crippen LogP contribution < -0.4 is 15.6 Å². The first-order valence-electron chi connectivity index (χ1n) is 9.79. The van der Waals surface area contributed by atoms with Gasteiger partial charge in [-0.15, -0.1) is 18.2 Å². The van der Waals surface area contributed by atoms with Gasteiger partial charge in [-0.2, -0.15) is 0 Å². The van der Waals surface area contributed by atoms with Gasteiger partial charge >= 0.3 is 0 Å². The van der Waals surface area contributed by atoms with E-state index in [9.17, 15) is 0 Å². The van der Waals surface area contributed by atoms with Gasteiger partial charge in [0.2, 0.25) is 0 Å². The normalized spacial score (nSPS) is 12.3. The Kier molecular flexibility index (Phi) is 5.80. The van der Waals surface area contributed by atoms with Gasteiger partial charge in [0.15, 0.2) is 8.07 Å². The predicted octanol–water partition coefficient (Wildman–Crippen LogP) is 5.23. The van der Waals surface area contributed by atoms with Crippen molar-refractivity contribution in [3.63, 3.8) is 0 Å². The van der Waals surface area contributed by atoms with Crippen LogP contribution in [0.4, 0.5) is 0 Å². The van der Waals surface area contributed by atoms with Crippen LogP contribution in [0.2, 0.25) is 0 Å². The zero-order valence-corrected chi connectivity index (χ0v) is 18.0. The quantitative estimate of drug-likeness (QED) is 0.232. The highest BCUT2D eigenvalue weighted by Crippen LogP contribution is 2.33. The molecule has 0 aliphatic rings. The lowest BCUT2D eigenvalue weighted by molar-refractivity contribution is 1.18. The van der Waals surface area contributed by atoms with Crippen molar-refractivity contribution >= 4 is 35.2 Å². The summed E-state index contributed by atoms with van der Waals surface area (Å²) < 4.78 is 0. The van der Waals surface area contributed by atoms with Crippen molar-refractivity contribution in [2.45, 2.75) is 5.38 Å². The zero-order valence-electron chi connectivity index (χ0n) is 16.2. The number of rotatable bonds is 6. The fraction of sp³-hybridized carbons (Fsp3) is 0.0370. The molecule has 4 rings (SSSR count). The average Bonchev–Trinajstić information content (AvgIpc) is 2.82. The summed E-state index contributed by atoms with van der Waals surface area (Å²) in [5, 5.41) is 4.69. The molecule has 29 heavy (non-hydrogen) atoms. The molecule has 0 N–H and O–H groups in total. The summed E-state index contributed by atoms with van der Waals surface area (Å²) in [5.41, 5.74) is 1.08. The summed E-state index contributed by atoms with van der Waals surface area (Å²) in [4.78, 5) is 0. The summed E-state index contributed by atoms with van der Waals surface area (Å²) in [5.74, 6) is 0. The van der Waals surface area contributed by atoms with E-state index in [1.165, 1.54) is 15.6 Å². The maximum atomic E-state index is 7.13. The van der Waals surface area contributed by atoms with Crippen LogP contribution in [0.15, 0.2) is 133 Å². The maximum Gasteiger partial charge on any atom is 0.176 e. The second-order valence-corrected chi connectivity index (χ2v) is 11.5. The molecule has 0 spiro atoms. The van der Waals surface area contributed by atoms with Crippen LogP contribution >= 0.6 is 11.6 Å². The van der Waals surface area contributed by atoms with Crippen LogP contribution in [-0.4, -0.2) is 8.07 Å². The molecule has 0 fully saturated rings. The van der Waals surface area contributed by atoms with Gasteiger partial charge in [0.05, 0.1) is 5.38 Å². The van der Waals surface area contributed by atoms with Crippen molar-refractivity contribution in [1.82, 2.24) is 0 Å². The SMILES string of the molecule is C=C(C(Cl)c1ccccc1)[Si](c1ccccc1)(c1ccccc1)c1ccccc1. The lowest BCUT2D eigenvalue weighted by Crippen LogP contribution is -2.69. The standard InChI is InChI=1S/C27H23ClSi/c1-22(27(28)23-14-6-2-7-15-23)29(24-16-8-3-9-17-24,25-18-10-4-11-19-25)26-20-12-5-13-21-26/h2-21,27H,1H2. The Morgan fingerprint density at radius 3 is 1.21 bits per heavy atom. The first-order valence-corrected chi connectivity index (χ1v) is 12.2. The number of hydrogen-bond donors (Lipinski definition) is 0. The van der Waals surface area contributed by atoms with Gasteiger partial charge < -0.3 is 0 Å². The van der Waals surface area contributed by atoms with E-state index in [4.69, 9.17) is 11.6 Å². The molecule has 0 aliphatic heterocycles. The topological polar surface area (TPSA) is 0 Å². The first kappa shape index (κ1) is 19.4.